The highest BCUT2D eigenvalue weighted by atomic mass is 16.3. The largest absolute Gasteiger partial charge is 0.389 e. The van der Waals surface area contributed by atoms with E-state index in [0.29, 0.717) is 24.2 Å². The standard InChI is InChI=1S/C22H30O4/c1-12-8-16-14-10-18(25)17-9-13(24)4-6-21(17,2)15(14)5-7-22(16,3)20(12)19(26)11-23/h4,6,9,12,14-16,18,20,23,25H,5,7-8,10-11H2,1-3H3/t12-,14-,15+,16+,18+,20-,21-,22+/m1/s1. The summed E-state index contributed by atoms with van der Waals surface area (Å²) in [6.07, 6.45) is 8.37. The Bertz CT molecular complexity index is 707. The molecule has 4 nitrogen and oxygen atoms in total. The molecule has 26 heavy (non-hydrogen) atoms. The van der Waals surface area contributed by atoms with E-state index in [0.717, 1.165) is 24.8 Å². The van der Waals surface area contributed by atoms with Gasteiger partial charge >= 0.3 is 0 Å². The average Bonchev–Trinajstić information content (AvgIpc) is 2.86. The number of hydrogen-bond acceptors (Lipinski definition) is 4. The van der Waals surface area contributed by atoms with Crippen LogP contribution in [0.15, 0.2) is 23.8 Å². The molecule has 3 saturated carbocycles. The Balaban J connectivity index is 1.72. The van der Waals surface area contributed by atoms with Crippen LogP contribution in [-0.2, 0) is 9.59 Å². The van der Waals surface area contributed by atoms with Crippen molar-refractivity contribution in [2.75, 3.05) is 6.61 Å². The molecule has 0 spiro atoms. The van der Waals surface area contributed by atoms with E-state index in [9.17, 15) is 19.8 Å². The van der Waals surface area contributed by atoms with Crippen LogP contribution in [0.2, 0.25) is 0 Å². The lowest BCUT2D eigenvalue weighted by molar-refractivity contribution is -0.134. The van der Waals surface area contributed by atoms with Crippen molar-refractivity contribution in [1.29, 1.82) is 0 Å². The first-order valence-electron chi connectivity index (χ1n) is 9.99. The van der Waals surface area contributed by atoms with Gasteiger partial charge in [0.2, 0.25) is 0 Å². The molecule has 2 N–H and O–H groups in total. The Morgan fingerprint density at radius 3 is 2.69 bits per heavy atom. The minimum absolute atomic E-state index is 0.0211. The molecule has 0 radical (unpaired) electrons. The molecular weight excluding hydrogens is 328 g/mol. The Hall–Kier alpha value is -1.26. The molecule has 3 fully saturated rings. The van der Waals surface area contributed by atoms with E-state index in [1.807, 2.05) is 6.08 Å². The molecule has 4 aliphatic carbocycles. The molecule has 4 rings (SSSR count). The highest BCUT2D eigenvalue weighted by Crippen LogP contribution is 2.67. The number of hydrogen-bond donors (Lipinski definition) is 2. The van der Waals surface area contributed by atoms with Gasteiger partial charge in [0.25, 0.3) is 0 Å². The number of carbonyl (C=O) groups excluding carboxylic acids is 2. The van der Waals surface area contributed by atoms with Crippen molar-refractivity contribution in [2.24, 2.45) is 40.4 Å². The van der Waals surface area contributed by atoms with Gasteiger partial charge in [-0.05, 0) is 72.5 Å². The van der Waals surface area contributed by atoms with E-state index in [4.69, 9.17) is 0 Å². The molecule has 4 heteroatoms. The van der Waals surface area contributed by atoms with Crippen molar-refractivity contribution in [3.05, 3.63) is 23.8 Å². The van der Waals surface area contributed by atoms with Crippen LogP contribution in [0.1, 0.15) is 46.5 Å². The second-order valence-electron chi connectivity index (χ2n) is 9.61. The van der Waals surface area contributed by atoms with Crippen molar-refractivity contribution in [1.82, 2.24) is 0 Å². The Labute approximate surface area is 155 Å². The van der Waals surface area contributed by atoms with Crippen LogP contribution in [-0.4, -0.2) is 34.5 Å². The summed E-state index contributed by atoms with van der Waals surface area (Å²) in [7, 11) is 0. The molecule has 0 saturated heterocycles. The fourth-order valence-corrected chi connectivity index (χ4v) is 7.39. The molecule has 0 unspecified atom stereocenters. The number of carbonyl (C=O) groups is 2. The molecular formula is C22H30O4. The molecule has 0 bridgehead atoms. The van der Waals surface area contributed by atoms with Crippen molar-refractivity contribution in [3.8, 4) is 0 Å². The summed E-state index contributed by atoms with van der Waals surface area (Å²) >= 11 is 0. The lowest BCUT2D eigenvalue weighted by atomic mass is 9.47. The zero-order valence-electron chi connectivity index (χ0n) is 15.9. The van der Waals surface area contributed by atoms with Crippen LogP contribution >= 0.6 is 0 Å². The van der Waals surface area contributed by atoms with Gasteiger partial charge in [-0.3, -0.25) is 9.59 Å². The SMILES string of the molecule is C[C@@H]1C[C@H]2[C@@H]3C[C@H](O)C4=CC(=O)C=C[C@]4(C)[C@H]3CC[C@]2(C)[C@H]1C(=O)CO. The Morgan fingerprint density at radius 1 is 1.27 bits per heavy atom. The topological polar surface area (TPSA) is 74.6 Å². The predicted molar refractivity (Wildman–Crippen MR) is 98.1 cm³/mol. The molecule has 0 aromatic heterocycles. The van der Waals surface area contributed by atoms with Crippen LogP contribution in [0.25, 0.3) is 0 Å². The van der Waals surface area contributed by atoms with E-state index in [1.54, 1.807) is 12.2 Å². The minimum Gasteiger partial charge on any atom is -0.389 e. The maximum Gasteiger partial charge on any atom is 0.178 e. The first kappa shape index (κ1) is 18.1. The summed E-state index contributed by atoms with van der Waals surface area (Å²) in [5, 5.41) is 20.3. The first-order chi connectivity index (χ1) is 12.2. The van der Waals surface area contributed by atoms with E-state index in [-0.39, 0.29) is 40.8 Å². The van der Waals surface area contributed by atoms with Gasteiger partial charge in [0.1, 0.15) is 6.61 Å². The van der Waals surface area contributed by atoms with Crippen LogP contribution in [0.4, 0.5) is 0 Å². The highest BCUT2D eigenvalue weighted by molar-refractivity contribution is 6.01. The number of rotatable bonds is 2. The minimum atomic E-state index is -0.583. The van der Waals surface area contributed by atoms with Gasteiger partial charge in [-0.1, -0.05) is 26.8 Å². The van der Waals surface area contributed by atoms with Crippen molar-refractivity contribution >= 4 is 11.6 Å². The summed E-state index contributed by atoms with van der Waals surface area (Å²) in [6.45, 7) is 6.17. The highest BCUT2D eigenvalue weighted by Gasteiger charge is 2.62. The van der Waals surface area contributed by atoms with E-state index < -0.39 is 6.10 Å². The van der Waals surface area contributed by atoms with Crippen LogP contribution in [0.3, 0.4) is 0 Å². The first-order valence-corrected chi connectivity index (χ1v) is 9.99. The molecule has 142 valence electrons. The summed E-state index contributed by atoms with van der Waals surface area (Å²) in [4.78, 5) is 24.3. The molecule has 0 heterocycles. The van der Waals surface area contributed by atoms with Crippen LogP contribution < -0.4 is 0 Å². The Kier molecular flexibility index (Phi) is 4.09. The third-order valence-corrected chi connectivity index (χ3v) is 8.42. The predicted octanol–water partition coefficient (Wildman–Crippen LogP) is 2.69. The second-order valence-corrected chi connectivity index (χ2v) is 9.61. The fraction of sp³-hybridized carbons (Fsp3) is 0.727. The van der Waals surface area contributed by atoms with Crippen LogP contribution in [0.5, 0.6) is 0 Å². The molecule has 8 atom stereocenters. The van der Waals surface area contributed by atoms with E-state index in [2.05, 4.69) is 20.8 Å². The molecule has 4 aliphatic rings. The molecule has 0 aliphatic heterocycles. The van der Waals surface area contributed by atoms with Gasteiger partial charge in [-0.25, -0.2) is 0 Å². The number of fused-ring (bicyclic) bond motifs is 5. The zero-order valence-corrected chi connectivity index (χ0v) is 15.9. The number of Topliss-reactive ketones (excluding diaryl/α,β-unsaturated/α-hetero) is 1. The van der Waals surface area contributed by atoms with Crippen molar-refractivity contribution in [3.63, 3.8) is 0 Å². The summed E-state index contributed by atoms with van der Waals surface area (Å²) in [6, 6.07) is 0. The molecule has 0 amide bonds. The van der Waals surface area contributed by atoms with Gasteiger partial charge in [0.05, 0.1) is 6.10 Å². The fourth-order valence-electron chi connectivity index (χ4n) is 7.39. The Morgan fingerprint density at radius 2 is 2.00 bits per heavy atom. The smallest absolute Gasteiger partial charge is 0.178 e. The molecule has 0 aromatic carbocycles. The maximum absolute atomic E-state index is 12.5. The van der Waals surface area contributed by atoms with Crippen LogP contribution in [0, 0.1) is 40.4 Å². The van der Waals surface area contributed by atoms with Gasteiger partial charge in [0.15, 0.2) is 11.6 Å². The third kappa shape index (κ3) is 2.27. The number of aliphatic hydroxyl groups is 2. The number of aliphatic hydroxyl groups excluding tert-OH is 2. The summed E-state index contributed by atoms with van der Waals surface area (Å²) < 4.78 is 0. The van der Waals surface area contributed by atoms with Gasteiger partial charge in [0, 0.05) is 11.3 Å². The van der Waals surface area contributed by atoms with Gasteiger partial charge < -0.3 is 10.2 Å². The summed E-state index contributed by atoms with van der Waals surface area (Å²) in [5.41, 5.74) is 0.523. The zero-order chi connectivity index (χ0) is 18.9. The number of ketones is 2. The van der Waals surface area contributed by atoms with Crippen molar-refractivity contribution in [2.45, 2.75) is 52.6 Å². The monoisotopic (exact) mass is 358 g/mol. The second kappa shape index (κ2) is 5.87. The number of allylic oxidation sites excluding steroid dienone is 3. The molecule has 0 aromatic rings. The normalized spacial score (nSPS) is 49.9. The third-order valence-electron chi connectivity index (χ3n) is 8.42. The summed E-state index contributed by atoms with van der Waals surface area (Å²) in [5.74, 6) is 1.27. The van der Waals surface area contributed by atoms with Gasteiger partial charge in [-0.15, -0.1) is 0 Å². The van der Waals surface area contributed by atoms with E-state index in [1.165, 1.54) is 0 Å². The lowest BCUT2D eigenvalue weighted by Gasteiger charge is -2.57. The lowest BCUT2D eigenvalue weighted by Crippen LogP contribution is -2.53. The van der Waals surface area contributed by atoms with E-state index >= 15 is 0 Å². The van der Waals surface area contributed by atoms with Gasteiger partial charge in [-0.2, -0.15) is 0 Å². The average molecular weight is 358 g/mol. The van der Waals surface area contributed by atoms with Crippen molar-refractivity contribution < 1.29 is 19.8 Å². The quantitative estimate of drug-likeness (QED) is 0.796. The maximum atomic E-state index is 12.5.